The van der Waals surface area contributed by atoms with Gasteiger partial charge < -0.3 is 10.2 Å². The summed E-state index contributed by atoms with van der Waals surface area (Å²) in [5.74, 6) is -5.48. The Bertz CT molecular complexity index is 540. The molecule has 1 aromatic carbocycles. The molecule has 2 rings (SSSR count). The molecule has 20 heavy (non-hydrogen) atoms. The smallest absolute Gasteiger partial charge is 0.254 e. The van der Waals surface area contributed by atoms with Crippen molar-refractivity contribution in [2.24, 2.45) is 0 Å². The summed E-state index contributed by atoms with van der Waals surface area (Å²) in [5.41, 5.74) is -0.311. The second-order valence-corrected chi connectivity index (χ2v) is 4.47. The molecular formula is C13H13F3N2O2. The third-order valence-corrected chi connectivity index (χ3v) is 3.21. The van der Waals surface area contributed by atoms with E-state index in [0.717, 1.165) is 0 Å². The number of nitrogens with one attached hydrogen (secondary N) is 1. The molecule has 108 valence electrons. The number of halogens is 3. The van der Waals surface area contributed by atoms with Crippen molar-refractivity contribution in [3.63, 3.8) is 0 Å². The van der Waals surface area contributed by atoms with E-state index in [1.54, 1.807) is 6.92 Å². The van der Waals surface area contributed by atoms with Crippen LogP contribution in [0.25, 0.3) is 0 Å². The van der Waals surface area contributed by atoms with Gasteiger partial charge in [0.1, 0.15) is 6.04 Å². The standard InChI is InChI=1S/C13H13F3N2O2/c1-2-10-12(19)17-3-4-18(10)13(20)7-5-8(14)11(16)9(15)6-7/h5-6,10H,2-4H2,1H3,(H,17,19). The molecule has 1 unspecified atom stereocenters. The lowest BCUT2D eigenvalue weighted by Gasteiger charge is -2.34. The van der Waals surface area contributed by atoms with Gasteiger partial charge in [0, 0.05) is 18.7 Å². The Labute approximate surface area is 113 Å². The first-order valence-corrected chi connectivity index (χ1v) is 6.19. The van der Waals surface area contributed by atoms with Crippen LogP contribution in [0.5, 0.6) is 0 Å². The fourth-order valence-electron chi connectivity index (χ4n) is 2.21. The first-order valence-electron chi connectivity index (χ1n) is 6.19. The monoisotopic (exact) mass is 286 g/mol. The molecular weight excluding hydrogens is 273 g/mol. The minimum Gasteiger partial charge on any atom is -0.353 e. The Balaban J connectivity index is 2.33. The average molecular weight is 286 g/mol. The van der Waals surface area contributed by atoms with E-state index in [9.17, 15) is 22.8 Å². The van der Waals surface area contributed by atoms with E-state index < -0.39 is 29.4 Å². The molecule has 1 N–H and O–H groups in total. The van der Waals surface area contributed by atoms with Gasteiger partial charge in [-0.15, -0.1) is 0 Å². The quantitative estimate of drug-likeness (QED) is 0.837. The van der Waals surface area contributed by atoms with E-state index in [4.69, 9.17) is 0 Å². The first kappa shape index (κ1) is 14.4. The van der Waals surface area contributed by atoms with Gasteiger partial charge in [-0.3, -0.25) is 9.59 Å². The molecule has 1 aromatic rings. The number of rotatable bonds is 2. The van der Waals surface area contributed by atoms with Crippen molar-refractivity contribution in [2.75, 3.05) is 13.1 Å². The number of carbonyl (C=O) groups excluding carboxylic acids is 2. The summed E-state index contributed by atoms with van der Waals surface area (Å²) >= 11 is 0. The topological polar surface area (TPSA) is 49.4 Å². The predicted molar refractivity (Wildman–Crippen MR) is 64.4 cm³/mol. The zero-order valence-corrected chi connectivity index (χ0v) is 10.8. The van der Waals surface area contributed by atoms with E-state index in [-0.39, 0.29) is 24.6 Å². The molecule has 0 spiro atoms. The molecule has 0 radical (unpaired) electrons. The van der Waals surface area contributed by atoms with Crippen molar-refractivity contribution in [3.05, 3.63) is 35.1 Å². The highest BCUT2D eigenvalue weighted by molar-refractivity contribution is 5.98. The number of amides is 2. The Kier molecular flexibility index (Phi) is 3.96. The van der Waals surface area contributed by atoms with Gasteiger partial charge in [0.05, 0.1) is 0 Å². The summed E-state index contributed by atoms with van der Waals surface area (Å²) < 4.78 is 39.2. The number of piperazine rings is 1. The molecule has 1 aliphatic rings. The largest absolute Gasteiger partial charge is 0.353 e. The molecule has 0 saturated carbocycles. The maximum absolute atomic E-state index is 13.2. The second-order valence-electron chi connectivity index (χ2n) is 4.47. The third-order valence-electron chi connectivity index (χ3n) is 3.21. The molecule has 7 heteroatoms. The van der Waals surface area contributed by atoms with E-state index in [0.29, 0.717) is 18.6 Å². The summed E-state index contributed by atoms with van der Waals surface area (Å²) in [6.07, 6.45) is 0.379. The van der Waals surface area contributed by atoms with Crippen LogP contribution in [0.2, 0.25) is 0 Å². The molecule has 1 aliphatic heterocycles. The number of hydrogen-bond donors (Lipinski definition) is 1. The van der Waals surface area contributed by atoms with Crippen LogP contribution in [0, 0.1) is 17.5 Å². The van der Waals surface area contributed by atoms with E-state index in [1.807, 2.05) is 0 Å². The van der Waals surface area contributed by atoms with Gasteiger partial charge >= 0.3 is 0 Å². The number of hydrogen-bond acceptors (Lipinski definition) is 2. The Morgan fingerprint density at radius 3 is 2.50 bits per heavy atom. The van der Waals surface area contributed by atoms with E-state index >= 15 is 0 Å². The Hall–Kier alpha value is -2.05. The summed E-state index contributed by atoms with van der Waals surface area (Å²) in [6, 6.07) is 0.590. The minimum absolute atomic E-state index is 0.240. The normalized spacial score (nSPS) is 18.9. The average Bonchev–Trinajstić information content (AvgIpc) is 2.43. The molecule has 1 saturated heterocycles. The van der Waals surface area contributed by atoms with Crippen LogP contribution in [0.3, 0.4) is 0 Å². The molecule has 0 aliphatic carbocycles. The van der Waals surface area contributed by atoms with Crippen molar-refractivity contribution >= 4 is 11.8 Å². The van der Waals surface area contributed by atoms with Crippen LogP contribution in [0.15, 0.2) is 12.1 Å². The number of benzene rings is 1. The first-order chi connectivity index (χ1) is 9.45. The predicted octanol–water partition coefficient (Wildman–Crippen LogP) is 1.45. The van der Waals surface area contributed by atoms with Crippen LogP contribution in [0.1, 0.15) is 23.7 Å². The summed E-state index contributed by atoms with van der Waals surface area (Å²) in [5, 5.41) is 2.61. The van der Waals surface area contributed by atoms with Crippen molar-refractivity contribution in [1.29, 1.82) is 0 Å². The third kappa shape index (κ3) is 2.48. The van der Waals surface area contributed by atoms with Crippen LogP contribution >= 0.6 is 0 Å². The van der Waals surface area contributed by atoms with Crippen LogP contribution in [0.4, 0.5) is 13.2 Å². The second kappa shape index (κ2) is 5.52. The van der Waals surface area contributed by atoms with Crippen molar-refractivity contribution < 1.29 is 22.8 Å². The Morgan fingerprint density at radius 2 is 1.95 bits per heavy atom. The number of nitrogens with zero attached hydrogens (tertiary/aromatic N) is 1. The van der Waals surface area contributed by atoms with E-state index in [2.05, 4.69) is 5.32 Å². The van der Waals surface area contributed by atoms with Crippen LogP contribution in [-0.4, -0.2) is 35.8 Å². The highest BCUT2D eigenvalue weighted by Crippen LogP contribution is 2.18. The summed E-state index contributed by atoms with van der Waals surface area (Å²) in [6.45, 7) is 2.23. The molecule has 1 heterocycles. The highest BCUT2D eigenvalue weighted by Gasteiger charge is 2.32. The van der Waals surface area contributed by atoms with Crippen LogP contribution in [-0.2, 0) is 4.79 Å². The maximum Gasteiger partial charge on any atom is 0.254 e. The Morgan fingerprint density at radius 1 is 1.35 bits per heavy atom. The van der Waals surface area contributed by atoms with Crippen molar-refractivity contribution in [3.8, 4) is 0 Å². The van der Waals surface area contributed by atoms with Crippen molar-refractivity contribution in [2.45, 2.75) is 19.4 Å². The van der Waals surface area contributed by atoms with Gasteiger partial charge in [-0.05, 0) is 18.6 Å². The molecule has 4 nitrogen and oxygen atoms in total. The lowest BCUT2D eigenvalue weighted by molar-refractivity contribution is -0.127. The van der Waals surface area contributed by atoms with Gasteiger partial charge in [0.25, 0.3) is 5.91 Å². The minimum atomic E-state index is -1.62. The molecule has 0 aromatic heterocycles. The van der Waals surface area contributed by atoms with Gasteiger partial charge in [-0.25, -0.2) is 13.2 Å². The lowest BCUT2D eigenvalue weighted by atomic mass is 10.1. The van der Waals surface area contributed by atoms with Gasteiger partial charge in [0.2, 0.25) is 5.91 Å². The molecule has 0 bridgehead atoms. The zero-order valence-electron chi connectivity index (χ0n) is 10.8. The van der Waals surface area contributed by atoms with Crippen molar-refractivity contribution in [1.82, 2.24) is 10.2 Å². The highest BCUT2D eigenvalue weighted by atomic mass is 19.2. The van der Waals surface area contributed by atoms with E-state index in [1.165, 1.54) is 4.90 Å². The van der Waals surface area contributed by atoms with Gasteiger partial charge in [-0.2, -0.15) is 0 Å². The fraction of sp³-hybridized carbons (Fsp3) is 0.385. The van der Waals surface area contributed by atoms with Crippen LogP contribution < -0.4 is 5.32 Å². The van der Waals surface area contributed by atoms with Gasteiger partial charge in [0.15, 0.2) is 17.5 Å². The fourth-order valence-corrected chi connectivity index (χ4v) is 2.21. The zero-order chi connectivity index (χ0) is 14.9. The number of carbonyl (C=O) groups is 2. The SMILES string of the molecule is CCC1C(=O)NCCN1C(=O)c1cc(F)c(F)c(F)c1. The summed E-state index contributed by atoms with van der Waals surface area (Å²) in [7, 11) is 0. The molecule has 2 amide bonds. The van der Waals surface area contributed by atoms with Gasteiger partial charge in [-0.1, -0.05) is 6.92 Å². The maximum atomic E-state index is 13.2. The summed E-state index contributed by atoms with van der Waals surface area (Å²) in [4.78, 5) is 25.1. The molecule has 1 atom stereocenters. The lowest BCUT2D eigenvalue weighted by Crippen LogP contribution is -2.56. The molecule has 1 fully saturated rings.